The standard InChI is InChI=1S/C19H20N2O3/c1-3-13-24-19(23)15-7-11-17(12-8-15)21-20-16-9-5-14(6-10-16)18(22)4-2/h5-12H,3-4,13H2,1-2H3. The number of Topliss-reactive ketones (excluding diaryl/α,β-unsaturated/α-hetero) is 1. The van der Waals surface area contributed by atoms with Crippen LogP contribution in [0.1, 0.15) is 47.4 Å². The Labute approximate surface area is 141 Å². The second kappa shape index (κ2) is 8.72. The highest BCUT2D eigenvalue weighted by Crippen LogP contribution is 2.20. The van der Waals surface area contributed by atoms with Gasteiger partial charge in [0.1, 0.15) is 0 Å². The molecule has 0 aliphatic carbocycles. The Morgan fingerprint density at radius 2 is 1.33 bits per heavy atom. The summed E-state index contributed by atoms with van der Waals surface area (Å²) in [6.07, 6.45) is 1.27. The van der Waals surface area contributed by atoms with Gasteiger partial charge >= 0.3 is 5.97 Å². The lowest BCUT2D eigenvalue weighted by atomic mass is 10.1. The first-order chi connectivity index (χ1) is 11.6. The third-order valence-corrected chi connectivity index (χ3v) is 3.33. The summed E-state index contributed by atoms with van der Waals surface area (Å²) in [5, 5.41) is 8.25. The maximum Gasteiger partial charge on any atom is 0.338 e. The van der Waals surface area contributed by atoms with E-state index in [4.69, 9.17) is 4.74 Å². The highest BCUT2D eigenvalue weighted by atomic mass is 16.5. The number of carbonyl (C=O) groups is 2. The Kier molecular flexibility index (Phi) is 6.37. The number of nitrogens with zero attached hydrogens (tertiary/aromatic N) is 2. The van der Waals surface area contributed by atoms with Crippen molar-refractivity contribution in [3.8, 4) is 0 Å². The van der Waals surface area contributed by atoms with Gasteiger partial charge in [-0.3, -0.25) is 4.79 Å². The van der Waals surface area contributed by atoms with Crippen LogP contribution in [-0.2, 0) is 4.74 Å². The predicted molar refractivity (Wildman–Crippen MR) is 92.3 cm³/mol. The molecule has 2 aromatic carbocycles. The van der Waals surface area contributed by atoms with Gasteiger partial charge in [-0.25, -0.2) is 4.79 Å². The molecule has 0 aromatic heterocycles. The van der Waals surface area contributed by atoms with Crippen molar-refractivity contribution in [1.29, 1.82) is 0 Å². The minimum atomic E-state index is -0.337. The topological polar surface area (TPSA) is 68.1 Å². The fourth-order valence-corrected chi connectivity index (χ4v) is 1.98. The predicted octanol–water partition coefficient (Wildman–Crippen LogP) is 5.26. The van der Waals surface area contributed by atoms with Crippen LogP contribution in [0.4, 0.5) is 11.4 Å². The maximum atomic E-state index is 11.7. The number of carbonyl (C=O) groups excluding carboxylic acids is 2. The number of benzene rings is 2. The maximum absolute atomic E-state index is 11.7. The van der Waals surface area contributed by atoms with Crippen LogP contribution >= 0.6 is 0 Å². The molecular formula is C19H20N2O3. The molecule has 5 nitrogen and oxygen atoms in total. The molecule has 0 saturated carbocycles. The van der Waals surface area contributed by atoms with Gasteiger partial charge in [0, 0.05) is 12.0 Å². The van der Waals surface area contributed by atoms with E-state index in [0.29, 0.717) is 35.5 Å². The largest absolute Gasteiger partial charge is 0.462 e. The summed E-state index contributed by atoms with van der Waals surface area (Å²) in [6, 6.07) is 13.7. The van der Waals surface area contributed by atoms with Gasteiger partial charge in [0.05, 0.1) is 23.5 Å². The lowest BCUT2D eigenvalue weighted by Gasteiger charge is -2.02. The number of ether oxygens (including phenoxy) is 1. The zero-order chi connectivity index (χ0) is 17.4. The van der Waals surface area contributed by atoms with Crippen molar-refractivity contribution in [3.63, 3.8) is 0 Å². The van der Waals surface area contributed by atoms with Gasteiger partial charge in [-0.2, -0.15) is 10.2 Å². The molecule has 5 heteroatoms. The Bertz CT molecular complexity index is 719. The van der Waals surface area contributed by atoms with Crippen molar-refractivity contribution in [2.75, 3.05) is 6.61 Å². The molecule has 0 fully saturated rings. The summed E-state index contributed by atoms with van der Waals surface area (Å²) >= 11 is 0. The van der Waals surface area contributed by atoms with Gasteiger partial charge in [-0.15, -0.1) is 0 Å². The van der Waals surface area contributed by atoms with E-state index in [-0.39, 0.29) is 11.8 Å². The molecule has 0 N–H and O–H groups in total. The number of ketones is 1. The summed E-state index contributed by atoms with van der Waals surface area (Å²) in [6.45, 7) is 4.19. The molecule has 0 spiro atoms. The average Bonchev–Trinajstić information content (AvgIpc) is 2.64. The summed E-state index contributed by atoms with van der Waals surface area (Å²) in [7, 11) is 0. The van der Waals surface area contributed by atoms with Gasteiger partial charge in [0.25, 0.3) is 0 Å². The molecular weight excluding hydrogens is 304 g/mol. The van der Waals surface area contributed by atoms with Crippen LogP contribution in [0.25, 0.3) is 0 Å². The smallest absolute Gasteiger partial charge is 0.338 e. The number of azo groups is 1. The summed E-state index contributed by atoms with van der Waals surface area (Å²) in [5.41, 5.74) is 2.46. The minimum absolute atomic E-state index is 0.101. The average molecular weight is 324 g/mol. The van der Waals surface area contributed by atoms with Crippen LogP contribution in [0.3, 0.4) is 0 Å². The normalized spacial score (nSPS) is 10.8. The molecule has 0 radical (unpaired) electrons. The van der Waals surface area contributed by atoms with Gasteiger partial charge in [0.15, 0.2) is 5.78 Å². The van der Waals surface area contributed by atoms with Crippen LogP contribution in [-0.4, -0.2) is 18.4 Å². The van der Waals surface area contributed by atoms with Crippen molar-refractivity contribution in [2.45, 2.75) is 26.7 Å². The van der Waals surface area contributed by atoms with Gasteiger partial charge in [0.2, 0.25) is 0 Å². The molecule has 0 amide bonds. The highest BCUT2D eigenvalue weighted by Gasteiger charge is 2.06. The van der Waals surface area contributed by atoms with Crippen LogP contribution < -0.4 is 0 Å². The fraction of sp³-hybridized carbons (Fsp3) is 0.263. The Morgan fingerprint density at radius 1 is 0.833 bits per heavy atom. The summed E-state index contributed by atoms with van der Waals surface area (Å²) in [4.78, 5) is 23.3. The second-order valence-corrected chi connectivity index (χ2v) is 5.21. The van der Waals surface area contributed by atoms with E-state index in [1.807, 2.05) is 13.8 Å². The third-order valence-electron chi connectivity index (χ3n) is 3.33. The highest BCUT2D eigenvalue weighted by molar-refractivity contribution is 5.96. The number of hydrogen-bond donors (Lipinski definition) is 0. The van der Waals surface area contributed by atoms with Crippen LogP contribution in [0.15, 0.2) is 58.8 Å². The number of hydrogen-bond acceptors (Lipinski definition) is 5. The van der Waals surface area contributed by atoms with Crippen molar-refractivity contribution in [1.82, 2.24) is 0 Å². The van der Waals surface area contributed by atoms with Crippen LogP contribution in [0.5, 0.6) is 0 Å². The molecule has 0 bridgehead atoms. The SMILES string of the molecule is CCCOC(=O)c1ccc(N=Nc2ccc(C(=O)CC)cc2)cc1. The molecule has 0 unspecified atom stereocenters. The van der Waals surface area contributed by atoms with E-state index in [9.17, 15) is 9.59 Å². The Hall–Kier alpha value is -2.82. The number of esters is 1. The summed E-state index contributed by atoms with van der Waals surface area (Å²) in [5.74, 6) is -0.236. The van der Waals surface area contributed by atoms with Crippen molar-refractivity contribution in [2.24, 2.45) is 10.2 Å². The zero-order valence-corrected chi connectivity index (χ0v) is 13.9. The minimum Gasteiger partial charge on any atom is -0.462 e. The molecule has 0 aliphatic heterocycles. The summed E-state index contributed by atoms with van der Waals surface area (Å²) < 4.78 is 5.07. The molecule has 0 heterocycles. The van der Waals surface area contributed by atoms with E-state index < -0.39 is 0 Å². The van der Waals surface area contributed by atoms with Crippen molar-refractivity contribution < 1.29 is 14.3 Å². The van der Waals surface area contributed by atoms with E-state index >= 15 is 0 Å². The fourth-order valence-electron chi connectivity index (χ4n) is 1.98. The van der Waals surface area contributed by atoms with Crippen molar-refractivity contribution in [3.05, 3.63) is 59.7 Å². The first kappa shape index (κ1) is 17.5. The molecule has 2 aromatic rings. The molecule has 0 aliphatic rings. The lowest BCUT2D eigenvalue weighted by Crippen LogP contribution is -2.05. The first-order valence-corrected chi connectivity index (χ1v) is 7.96. The molecule has 2 rings (SSSR count). The van der Waals surface area contributed by atoms with Gasteiger partial charge < -0.3 is 4.74 Å². The van der Waals surface area contributed by atoms with E-state index in [1.165, 1.54) is 0 Å². The first-order valence-electron chi connectivity index (χ1n) is 7.96. The van der Waals surface area contributed by atoms with E-state index in [0.717, 1.165) is 6.42 Å². The molecule has 0 saturated heterocycles. The van der Waals surface area contributed by atoms with Gasteiger partial charge in [-0.1, -0.05) is 13.8 Å². The second-order valence-electron chi connectivity index (χ2n) is 5.21. The van der Waals surface area contributed by atoms with Crippen molar-refractivity contribution >= 4 is 23.1 Å². The van der Waals surface area contributed by atoms with E-state index in [1.54, 1.807) is 48.5 Å². The molecule has 24 heavy (non-hydrogen) atoms. The molecule has 0 atom stereocenters. The van der Waals surface area contributed by atoms with Gasteiger partial charge in [-0.05, 0) is 55.0 Å². The monoisotopic (exact) mass is 324 g/mol. The quantitative estimate of drug-likeness (QED) is 0.396. The Balaban J connectivity index is 2.01. The number of rotatable bonds is 7. The van der Waals surface area contributed by atoms with Crippen LogP contribution in [0.2, 0.25) is 0 Å². The lowest BCUT2D eigenvalue weighted by molar-refractivity contribution is 0.0505. The zero-order valence-electron chi connectivity index (χ0n) is 13.9. The third kappa shape index (κ3) is 4.84. The van der Waals surface area contributed by atoms with Crippen LogP contribution in [0, 0.1) is 0 Å². The Morgan fingerprint density at radius 3 is 1.79 bits per heavy atom. The van der Waals surface area contributed by atoms with E-state index in [2.05, 4.69) is 10.2 Å². The molecule has 124 valence electrons.